The Morgan fingerprint density at radius 3 is 2.71 bits per heavy atom. The fourth-order valence-corrected chi connectivity index (χ4v) is 2.63. The molecule has 0 saturated carbocycles. The molecule has 1 aliphatic rings. The maximum absolute atomic E-state index is 9.07. The van der Waals surface area contributed by atoms with E-state index in [4.69, 9.17) is 5.11 Å². The van der Waals surface area contributed by atoms with E-state index in [2.05, 4.69) is 36.0 Å². The predicted molar refractivity (Wildman–Crippen MR) is 72.3 cm³/mol. The Kier molecular flexibility index (Phi) is 7.04. The third-order valence-corrected chi connectivity index (χ3v) is 3.78. The number of piperazine rings is 1. The van der Waals surface area contributed by atoms with Gasteiger partial charge >= 0.3 is 0 Å². The van der Waals surface area contributed by atoms with E-state index in [1.807, 2.05) is 0 Å². The van der Waals surface area contributed by atoms with Crippen LogP contribution in [-0.4, -0.2) is 73.4 Å². The minimum atomic E-state index is 0.280. The van der Waals surface area contributed by atoms with Crippen LogP contribution in [0.5, 0.6) is 0 Å². The Bertz CT molecular complexity index is 195. The van der Waals surface area contributed by atoms with E-state index in [0.29, 0.717) is 12.1 Å². The van der Waals surface area contributed by atoms with Gasteiger partial charge in [-0.1, -0.05) is 13.8 Å². The average molecular weight is 243 g/mol. The molecule has 0 aliphatic carbocycles. The summed E-state index contributed by atoms with van der Waals surface area (Å²) in [5.74, 6) is 0. The van der Waals surface area contributed by atoms with Crippen LogP contribution in [-0.2, 0) is 0 Å². The largest absolute Gasteiger partial charge is 0.396 e. The first-order valence-electron chi connectivity index (χ1n) is 6.98. The van der Waals surface area contributed by atoms with E-state index < -0.39 is 0 Å². The summed E-state index contributed by atoms with van der Waals surface area (Å²) >= 11 is 0. The topological polar surface area (TPSA) is 38.7 Å². The maximum Gasteiger partial charge on any atom is 0.0446 e. The van der Waals surface area contributed by atoms with E-state index in [1.54, 1.807) is 0 Å². The van der Waals surface area contributed by atoms with Gasteiger partial charge in [0.2, 0.25) is 0 Å². The quantitative estimate of drug-likeness (QED) is 0.678. The molecule has 17 heavy (non-hydrogen) atoms. The Hall–Kier alpha value is -0.160. The van der Waals surface area contributed by atoms with Gasteiger partial charge in [-0.2, -0.15) is 0 Å². The molecule has 1 fully saturated rings. The first-order chi connectivity index (χ1) is 8.21. The highest BCUT2D eigenvalue weighted by Gasteiger charge is 2.24. The van der Waals surface area contributed by atoms with Crippen LogP contribution in [0, 0.1) is 0 Å². The van der Waals surface area contributed by atoms with Crippen molar-refractivity contribution >= 4 is 0 Å². The normalized spacial score (nSPS) is 25.1. The van der Waals surface area contributed by atoms with Crippen molar-refractivity contribution in [2.24, 2.45) is 0 Å². The van der Waals surface area contributed by atoms with Gasteiger partial charge in [0.1, 0.15) is 0 Å². The average Bonchev–Trinajstić information content (AvgIpc) is 2.32. The molecule has 1 saturated heterocycles. The number of hydrogen-bond donors (Lipinski definition) is 2. The van der Waals surface area contributed by atoms with Crippen LogP contribution >= 0.6 is 0 Å². The lowest BCUT2D eigenvalue weighted by atomic mass is 10.1. The number of nitrogens with zero attached hydrogens (tertiary/aromatic N) is 2. The van der Waals surface area contributed by atoms with Gasteiger partial charge in [-0.05, 0) is 26.4 Å². The summed E-state index contributed by atoms with van der Waals surface area (Å²) < 4.78 is 0. The molecule has 102 valence electrons. The summed E-state index contributed by atoms with van der Waals surface area (Å²) in [4.78, 5) is 5.00. The van der Waals surface area contributed by atoms with Crippen LogP contribution < -0.4 is 5.32 Å². The Labute approximate surface area is 106 Å². The molecule has 1 aliphatic heterocycles. The molecule has 0 aromatic rings. The molecule has 4 nitrogen and oxygen atoms in total. The van der Waals surface area contributed by atoms with Crippen molar-refractivity contribution in [3.05, 3.63) is 0 Å². The molecule has 1 rings (SSSR count). The fourth-order valence-electron chi connectivity index (χ4n) is 2.63. The molecule has 2 atom stereocenters. The lowest BCUT2D eigenvalue weighted by molar-refractivity contribution is 0.0831. The number of nitrogens with one attached hydrogen (secondary N) is 1. The van der Waals surface area contributed by atoms with Gasteiger partial charge in [0.25, 0.3) is 0 Å². The van der Waals surface area contributed by atoms with E-state index in [-0.39, 0.29) is 6.61 Å². The molecule has 0 radical (unpaired) electrons. The van der Waals surface area contributed by atoms with Crippen molar-refractivity contribution in [3.63, 3.8) is 0 Å². The third kappa shape index (κ3) is 4.92. The number of aliphatic hydroxyl groups excluding tert-OH is 1. The Morgan fingerprint density at radius 1 is 1.35 bits per heavy atom. The molecule has 0 bridgehead atoms. The molecule has 2 N–H and O–H groups in total. The molecule has 0 aromatic carbocycles. The number of likely N-dealkylation sites (N-methyl/N-ethyl adjacent to an activating group) is 2. The van der Waals surface area contributed by atoms with Crippen molar-refractivity contribution in [1.29, 1.82) is 0 Å². The highest BCUT2D eigenvalue weighted by atomic mass is 16.3. The molecular formula is C13H29N3O. The monoisotopic (exact) mass is 243 g/mol. The summed E-state index contributed by atoms with van der Waals surface area (Å²) in [6, 6.07) is 1.13. The van der Waals surface area contributed by atoms with Crippen molar-refractivity contribution < 1.29 is 5.11 Å². The highest BCUT2D eigenvalue weighted by Crippen LogP contribution is 2.11. The van der Waals surface area contributed by atoms with Gasteiger partial charge in [0.05, 0.1) is 0 Å². The molecular weight excluding hydrogens is 214 g/mol. The van der Waals surface area contributed by atoms with Crippen LogP contribution in [0.2, 0.25) is 0 Å². The van der Waals surface area contributed by atoms with Gasteiger partial charge in [-0.3, -0.25) is 4.90 Å². The van der Waals surface area contributed by atoms with Crippen LogP contribution in [0.4, 0.5) is 0 Å². The standard InChI is InChI=1S/C13H29N3O/c1-4-13-11-16(8-7-15(13)3)10-12(6-9-17)14-5-2/h12-14,17H,4-11H2,1-3H3. The van der Waals surface area contributed by atoms with Gasteiger partial charge in [-0.15, -0.1) is 0 Å². The summed E-state index contributed by atoms with van der Waals surface area (Å²) in [5.41, 5.74) is 0. The van der Waals surface area contributed by atoms with Gasteiger partial charge in [0.15, 0.2) is 0 Å². The minimum Gasteiger partial charge on any atom is -0.396 e. The van der Waals surface area contributed by atoms with Crippen LogP contribution in [0.1, 0.15) is 26.7 Å². The van der Waals surface area contributed by atoms with E-state index >= 15 is 0 Å². The maximum atomic E-state index is 9.07. The molecule has 2 unspecified atom stereocenters. The first kappa shape index (κ1) is 14.9. The van der Waals surface area contributed by atoms with Crippen LogP contribution in [0.25, 0.3) is 0 Å². The Balaban J connectivity index is 2.38. The smallest absolute Gasteiger partial charge is 0.0446 e. The second-order valence-electron chi connectivity index (χ2n) is 5.07. The first-order valence-corrected chi connectivity index (χ1v) is 6.98. The van der Waals surface area contributed by atoms with Crippen molar-refractivity contribution in [3.8, 4) is 0 Å². The van der Waals surface area contributed by atoms with Crippen molar-refractivity contribution in [1.82, 2.24) is 15.1 Å². The molecule has 4 heteroatoms. The molecule has 0 amide bonds. The van der Waals surface area contributed by atoms with Gasteiger partial charge in [-0.25, -0.2) is 0 Å². The molecule has 1 heterocycles. The summed E-state index contributed by atoms with van der Waals surface area (Å²) in [6.45, 7) is 10.2. The summed E-state index contributed by atoms with van der Waals surface area (Å²) in [5, 5.41) is 12.5. The molecule has 0 spiro atoms. The van der Waals surface area contributed by atoms with E-state index in [0.717, 1.165) is 32.6 Å². The number of hydrogen-bond acceptors (Lipinski definition) is 4. The van der Waals surface area contributed by atoms with E-state index in [1.165, 1.54) is 13.0 Å². The zero-order chi connectivity index (χ0) is 12.7. The summed E-state index contributed by atoms with van der Waals surface area (Å²) in [6.07, 6.45) is 2.08. The summed E-state index contributed by atoms with van der Waals surface area (Å²) in [7, 11) is 2.22. The van der Waals surface area contributed by atoms with Crippen molar-refractivity contribution in [2.45, 2.75) is 38.8 Å². The van der Waals surface area contributed by atoms with Gasteiger partial charge in [0, 0.05) is 44.9 Å². The lowest BCUT2D eigenvalue weighted by Crippen LogP contribution is -2.54. The van der Waals surface area contributed by atoms with Crippen LogP contribution in [0.15, 0.2) is 0 Å². The predicted octanol–water partition coefficient (Wildman–Crippen LogP) is 0.373. The molecule has 0 aromatic heterocycles. The second-order valence-corrected chi connectivity index (χ2v) is 5.07. The SMILES string of the molecule is CCNC(CCO)CN1CCN(C)C(CC)C1. The van der Waals surface area contributed by atoms with E-state index in [9.17, 15) is 0 Å². The lowest BCUT2D eigenvalue weighted by Gasteiger charge is -2.40. The Morgan fingerprint density at radius 2 is 2.12 bits per heavy atom. The fraction of sp³-hybridized carbons (Fsp3) is 1.00. The number of aliphatic hydroxyl groups is 1. The highest BCUT2D eigenvalue weighted by molar-refractivity contribution is 4.82. The zero-order valence-electron chi connectivity index (χ0n) is 11.7. The third-order valence-electron chi connectivity index (χ3n) is 3.78. The minimum absolute atomic E-state index is 0.280. The second kappa shape index (κ2) is 8.03. The zero-order valence-corrected chi connectivity index (χ0v) is 11.7. The van der Waals surface area contributed by atoms with Crippen LogP contribution in [0.3, 0.4) is 0 Å². The van der Waals surface area contributed by atoms with Crippen molar-refractivity contribution in [2.75, 3.05) is 46.4 Å². The number of rotatable bonds is 7. The van der Waals surface area contributed by atoms with Gasteiger partial charge < -0.3 is 15.3 Å².